The van der Waals surface area contributed by atoms with Gasteiger partial charge in [0.25, 0.3) is 0 Å². The normalized spacial score (nSPS) is 26.6. The van der Waals surface area contributed by atoms with Crippen molar-refractivity contribution in [2.24, 2.45) is 5.92 Å². The lowest BCUT2D eigenvalue weighted by atomic mass is 10.1. The number of hydrogen-bond donors (Lipinski definition) is 2. The van der Waals surface area contributed by atoms with Gasteiger partial charge in [-0.1, -0.05) is 80.8 Å². The summed E-state index contributed by atoms with van der Waals surface area (Å²) < 4.78 is 29.1. The largest absolute Gasteiger partial charge is 0.414 e. The number of halogens is 1. The highest BCUT2D eigenvalue weighted by molar-refractivity contribution is 6.84. The fourth-order valence-electron chi connectivity index (χ4n) is 5.75. The summed E-state index contributed by atoms with van der Waals surface area (Å²) in [5.74, 6) is -0.452. The van der Waals surface area contributed by atoms with Crippen LogP contribution in [0.5, 0.6) is 0 Å². The van der Waals surface area contributed by atoms with E-state index in [1.807, 2.05) is 0 Å². The third kappa shape index (κ3) is 5.39. The smallest absolute Gasteiger partial charge is 0.335 e. The second kappa shape index (κ2) is 11.7. The van der Waals surface area contributed by atoms with Crippen molar-refractivity contribution in [3.8, 4) is 0 Å². The monoisotopic (exact) mass is 613 g/mol. The molecule has 2 N–H and O–H groups in total. The van der Waals surface area contributed by atoms with Gasteiger partial charge in [-0.15, -0.1) is 0 Å². The molecule has 2 aliphatic heterocycles. The highest BCUT2D eigenvalue weighted by atomic mass is 35.5. The van der Waals surface area contributed by atoms with Gasteiger partial charge in [0.15, 0.2) is 17.0 Å². The molecule has 2 aromatic heterocycles. The Morgan fingerprint density at radius 2 is 1.62 bits per heavy atom. The number of carbonyl (C=O) groups is 1. The number of anilines is 1. The number of rotatable bonds is 7. The van der Waals surface area contributed by atoms with Gasteiger partial charge < -0.3 is 22.8 Å². The van der Waals surface area contributed by atoms with E-state index in [2.05, 4.69) is 75.7 Å². The first-order chi connectivity index (χ1) is 18.6. The van der Waals surface area contributed by atoms with E-state index < -0.39 is 41.7 Å². The molecule has 0 radical (unpaired) electrons. The van der Waals surface area contributed by atoms with E-state index in [1.165, 1.54) is 6.33 Å². The first-order valence-corrected chi connectivity index (χ1v) is 18.5. The zero-order chi connectivity index (χ0) is 29.7. The minimum Gasteiger partial charge on any atom is -0.414 e. The first kappa shape index (κ1) is 31.5. The van der Waals surface area contributed by atoms with Crippen LogP contribution in [-0.4, -0.2) is 72.6 Å². The van der Waals surface area contributed by atoms with E-state index in [1.54, 1.807) is 18.4 Å². The van der Waals surface area contributed by atoms with Crippen molar-refractivity contribution in [1.29, 1.82) is 0 Å². The van der Waals surface area contributed by atoms with E-state index in [9.17, 15) is 9.90 Å². The van der Waals surface area contributed by atoms with Crippen LogP contribution in [0, 0.1) is 5.92 Å². The molecule has 4 rings (SSSR count). The van der Waals surface area contributed by atoms with Gasteiger partial charge in [-0.3, -0.25) is 14.7 Å². The molecule has 2 saturated heterocycles. The zero-order valence-electron chi connectivity index (χ0n) is 25.1. The summed E-state index contributed by atoms with van der Waals surface area (Å²) in [6.07, 6.45) is -1.63. The molecule has 4 atom stereocenters. The quantitative estimate of drug-likeness (QED) is 0.316. The number of fused-ring (bicyclic) bond motifs is 2. The molecule has 1 amide bonds. The first-order valence-electron chi connectivity index (χ1n) is 14.2. The van der Waals surface area contributed by atoms with Crippen LogP contribution in [0.1, 0.15) is 75.5 Å². The Kier molecular flexibility index (Phi) is 9.18. The van der Waals surface area contributed by atoms with Crippen molar-refractivity contribution < 1.29 is 27.6 Å². The van der Waals surface area contributed by atoms with Gasteiger partial charge >= 0.3 is 17.1 Å². The van der Waals surface area contributed by atoms with E-state index >= 15 is 0 Å². The standard InChI is InChI=1S/C26H44ClN5O6Si2/c1-13(2)24(34)31-26-29-22(27)19-23(30-26)32(12-28-19)25-20(33)21-18(36-25)11-35-39(14(3)4,15(5)6)38-40(37-21,16(7)8)17(9)10/h12-18,20-21,25,33H,11H2,1-10H3,(H,29,30,31,34)/t18-,20-,21-,25-/m1/s1. The van der Waals surface area contributed by atoms with Gasteiger partial charge in [0.1, 0.15) is 23.8 Å². The molecule has 11 nitrogen and oxygen atoms in total. The number of imidazole rings is 1. The number of ether oxygens (including phenoxy) is 1. The van der Waals surface area contributed by atoms with E-state index in [4.69, 9.17) is 29.3 Å². The molecule has 0 unspecified atom stereocenters. The summed E-state index contributed by atoms with van der Waals surface area (Å²) in [6.45, 7) is 21.0. The van der Waals surface area contributed by atoms with Crippen molar-refractivity contribution in [3.05, 3.63) is 11.5 Å². The maximum Gasteiger partial charge on any atom is 0.335 e. The number of aliphatic hydroxyl groups is 1. The third-order valence-corrected chi connectivity index (χ3v) is 18.6. The highest BCUT2D eigenvalue weighted by Crippen LogP contribution is 2.48. The molecular weight excluding hydrogens is 570 g/mol. The maximum atomic E-state index is 12.3. The van der Waals surface area contributed by atoms with Crippen LogP contribution >= 0.6 is 11.6 Å². The minimum absolute atomic E-state index is 0.0557. The number of aromatic nitrogens is 4. The second-order valence-electron chi connectivity index (χ2n) is 12.4. The van der Waals surface area contributed by atoms with Gasteiger partial charge in [-0.05, 0) is 22.2 Å². The summed E-state index contributed by atoms with van der Waals surface area (Å²) in [4.78, 5) is 25.4. The molecular formula is C26H44ClN5O6Si2. The Labute approximate surface area is 243 Å². The summed E-state index contributed by atoms with van der Waals surface area (Å²) in [5.41, 5.74) is 1.27. The van der Waals surface area contributed by atoms with Gasteiger partial charge in [0.2, 0.25) is 11.9 Å². The lowest BCUT2D eigenvalue weighted by molar-refractivity contribution is -0.118. The molecule has 224 valence electrons. The van der Waals surface area contributed by atoms with Crippen LogP contribution in [0.4, 0.5) is 5.95 Å². The number of nitrogens with one attached hydrogen (secondary N) is 1. The Bertz CT molecular complexity index is 1210. The highest BCUT2D eigenvalue weighted by Gasteiger charge is 2.61. The lowest BCUT2D eigenvalue weighted by Gasteiger charge is -2.51. The second-order valence-corrected chi connectivity index (χ2v) is 21.6. The maximum absolute atomic E-state index is 12.3. The van der Waals surface area contributed by atoms with Crippen molar-refractivity contribution in [3.63, 3.8) is 0 Å². The van der Waals surface area contributed by atoms with Crippen LogP contribution in [0.15, 0.2) is 6.33 Å². The summed E-state index contributed by atoms with van der Waals surface area (Å²) in [7, 11) is -5.70. The number of aliphatic hydroxyl groups excluding tert-OH is 1. The molecule has 0 aromatic carbocycles. The Morgan fingerprint density at radius 3 is 2.17 bits per heavy atom. The van der Waals surface area contributed by atoms with Gasteiger partial charge in [0.05, 0.1) is 12.9 Å². The molecule has 40 heavy (non-hydrogen) atoms. The van der Waals surface area contributed by atoms with Crippen LogP contribution in [-0.2, 0) is 22.5 Å². The van der Waals surface area contributed by atoms with Crippen molar-refractivity contribution in [2.75, 3.05) is 11.9 Å². The Morgan fingerprint density at radius 1 is 1.02 bits per heavy atom. The average molecular weight is 614 g/mol. The fraction of sp³-hybridized carbons (Fsp3) is 0.769. The van der Waals surface area contributed by atoms with Gasteiger partial charge in [-0.25, -0.2) is 4.98 Å². The van der Waals surface area contributed by atoms with Gasteiger partial charge in [-0.2, -0.15) is 9.97 Å². The SMILES string of the molecule is CC(C)C(=O)Nc1nc(Cl)c2ncn([C@@H]3O[C@@H]4CO[Si](C(C)C)(C(C)C)O[Si](C(C)C)(C(C)C)O[C@H]4[C@H]3O)c2n1. The Balaban J connectivity index is 1.76. The van der Waals surface area contributed by atoms with Gasteiger partial charge in [0, 0.05) is 5.92 Å². The summed E-state index contributed by atoms with van der Waals surface area (Å²) in [5, 5.41) is 14.5. The average Bonchev–Trinajstić information content (AvgIpc) is 3.39. The molecule has 2 aromatic rings. The Hall–Kier alpha value is -1.46. The van der Waals surface area contributed by atoms with Crippen molar-refractivity contribution in [1.82, 2.24) is 19.5 Å². The number of hydrogen-bond acceptors (Lipinski definition) is 9. The predicted octanol–water partition coefficient (Wildman–Crippen LogP) is 5.29. The molecule has 4 heterocycles. The molecule has 14 heteroatoms. The molecule has 0 bridgehead atoms. The summed E-state index contributed by atoms with van der Waals surface area (Å²) in [6, 6.07) is 0. The number of carbonyl (C=O) groups excluding carboxylic acids is 1. The molecule has 0 spiro atoms. The lowest BCUT2D eigenvalue weighted by Crippen LogP contribution is -2.65. The predicted molar refractivity (Wildman–Crippen MR) is 158 cm³/mol. The summed E-state index contributed by atoms with van der Waals surface area (Å²) >= 11 is 6.41. The zero-order valence-corrected chi connectivity index (χ0v) is 27.9. The molecule has 0 saturated carbocycles. The van der Waals surface area contributed by atoms with Crippen LogP contribution in [0.3, 0.4) is 0 Å². The van der Waals surface area contributed by atoms with Crippen LogP contribution in [0.25, 0.3) is 11.2 Å². The van der Waals surface area contributed by atoms with E-state index in [0.29, 0.717) is 11.2 Å². The topological polar surface area (TPSA) is 130 Å². The van der Waals surface area contributed by atoms with Crippen molar-refractivity contribution >= 4 is 51.7 Å². The van der Waals surface area contributed by atoms with Crippen LogP contribution in [0.2, 0.25) is 27.3 Å². The van der Waals surface area contributed by atoms with Crippen molar-refractivity contribution in [2.45, 2.75) is 116 Å². The molecule has 0 aliphatic carbocycles. The molecule has 2 fully saturated rings. The minimum atomic E-state index is -2.95. The van der Waals surface area contributed by atoms with Crippen LogP contribution < -0.4 is 5.32 Å². The molecule has 2 aliphatic rings. The third-order valence-electron chi connectivity index (χ3n) is 8.05. The van der Waals surface area contributed by atoms with E-state index in [0.717, 1.165) is 0 Å². The fourth-order valence-corrected chi connectivity index (χ4v) is 17.2. The van der Waals surface area contributed by atoms with E-state index in [-0.39, 0.29) is 51.7 Å². The number of nitrogens with zero attached hydrogens (tertiary/aromatic N) is 4. The number of amides is 1.